The summed E-state index contributed by atoms with van der Waals surface area (Å²) in [7, 11) is 0. The maximum Gasteiger partial charge on any atom is 0.254 e. The van der Waals surface area contributed by atoms with Crippen LogP contribution in [0.2, 0.25) is 0 Å². The number of amides is 1. The number of morpholine rings is 1. The van der Waals surface area contributed by atoms with Crippen molar-refractivity contribution < 1.29 is 33.2 Å². The zero-order chi connectivity index (χ0) is 17.1. The smallest absolute Gasteiger partial charge is 0.254 e. The normalized spacial score (nSPS) is 43.3. The molecule has 4 fully saturated rings. The first kappa shape index (κ1) is 16.7. The van der Waals surface area contributed by atoms with Gasteiger partial charge in [-0.15, -0.1) is 0 Å². The van der Waals surface area contributed by atoms with Gasteiger partial charge in [0.25, 0.3) is 5.91 Å². The van der Waals surface area contributed by atoms with Crippen LogP contribution in [0.3, 0.4) is 0 Å². The van der Waals surface area contributed by atoms with E-state index in [2.05, 4.69) is 0 Å². The standard InChI is InChI=1S/C16H25NO7/c1-15(2)21-9-10(22-15)12-14(24-16(3,4)23-12)20-11(9)13(18)17-5-7-19-8-6-17/h9-12,14H,5-8H2,1-4H3/t9-,10+,11-,12-,14-/m1/s1. The molecule has 0 aliphatic carbocycles. The van der Waals surface area contributed by atoms with Crippen molar-refractivity contribution >= 4 is 5.91 Å². The minimum Gasteiger partial charge on any atom is -0.378 e. The topological polar surface area (TPSA) is 75.7 Å². The molecule has 24 heavy (non-hydrogen) atoms. The Morgan fingerprint density at radius 1 is 0.875 bits per heavy atom. The summed E-state index contributed by atoms with van der Waals surface area (Å²) in [6, 6.07) is 0. The first-order valence-corrected chi connectivity index (χ1v) is 8.49. The van der Waals surface area contributed by atoms with Crippen LogP contribution in [0.25, 0.3) is 0 Å². The van der Waals surface area contributed by atoms with Gasteiger partial charge in [0.15, 0.2) is 24.0 Å². The lowest BCUT2D eigenvalue weighted by atomic mass is 9.98. The van der Waals surface area contributed by atoms with Crippen LogP contribution in [0, 0.1) is 0 Å². The van der Waals surface area contributed by atoms with Crippen molar-refractivity contribution in [1.82, 2.24) is 4.90 Å². The summed E-state index contributed by atoms with van der Waals surface area (Å²) in [5.74, 6) is -1.69. The minimum absolute atomic E-state index is 0.110. The molecular weight excluding hydrogens is 318 g/mol. The predicted molar refractivity (Wildman–Crippen MR) is 79.9 cm³/mol. The molecule has 0 N–H and O–H groups in total. The number of carbonyl (C=O) groups is 1. The quantitative estimate of drug-likeness (QED) is 0.675. The second-order valence-corrected chi connectivity index (χ2v) is 7.53. The Morgan fingerprint density at radius 3 is 2.17 bits per heavy atom. The number of ether oxygens (including phenoxy) is 6. The van der Waals surface area contributed by atoms with Gasteiger partial charge in [0, 0.05) is 13.1 Å². The van der Waals surface area contributed by atoms with Gasteiger partial charge in [-0.3, -0.25) is 4.79 Å². The molecule has 136 valence electrons. The highest BCUT2D eigenvalue weighted by atomic mass is 16.9. The van der Waals surface area contributed by atoms with Crippen LogP contribution in [0.5, 0.6) is 0 Å². The van der Waals surface area contributed by atoms with E-state index < -0.39 is 42.3 Å². The highest BCUT2D eigenvalue weighted by molar-refractivity contribution is 5.82. The fourth-order valence-electron chi connectivity index (χ4n) is 3.77. The maximum absolute atomic E-state index is 13.0. The molecule has 0 saturated carbocycles. The van der Waals surface area contributed by atoms with Gasteiger partial charge in [0.1, 0.15) is 18.3 Å². The van der Waals surface area contributed by atoms with Gasteiger partial charge < -0.3 is 33.3 Å². The minimum atomic E-state index is -0.798. The Kier molecular flexibility index (Phi) is 3.91. The van der Waals surface area contributed by atoms with E-state index in [1.165, 1.54) is 0 Å². The van der Waals surface area contributed by atoms with Crippen molar-refractivity contribution in [3.63, 3.8) is 0 Å². The molecule has 4 aliphatic rings. The van der Waals surface area contributed by atoms with E-state index in [0.717, 1.165) is 0 Å². The molecule has 4 heterocycles. The Balaban J connectivity index is 1.59. The van der Waals surface area contributed by atoms with Crippen molar-refractivity contribution in [1.29, 1.82) is 0 Å². The largest absolute Gasteiger partial charge is 0.378 e. The third-order valence-electron chi connectivity index (χ3n) is 4.72. The zero-order valence-electron chi connectivity index (χ0n) is 14.5. The number of nitrogens with zero attached hydrogens (tertiary/aromatic N) is 1. The first-order valence-electron chi connectivity index (χ1n) is 8.49. The van der Waals surface area contributed by atoms with Crippen molar-refractivity contribution in [2.75, 3.05) is 26.3 Å². The molecule has 8 heteroatoms. The van der Waals surface area contributed by atoms with Crippen molar-refractivity contribution in [3.8, 4) is 0 Å². The van der Waals surface area contributed by atoms with E-state index in [1.807, 2.05) is 27.7 Å². The lowest BCUT2D eigenvalue weighted by molar-refractivity contribution is -0.235. The number of hydrogen-bond acceptors (Lipinski definition) is 7. The summed E-state index contributed by atoms with van der Waals surface area (Å²) in [6.07, 6.45) is -2.76. The molecule has 4 rings (SSSR count). The summed E-state index contributed by atoms with van der Waals surface area (Å²) in [5, 5.41) is 0. The molecule has 8 nitrogen and oxygen atoms in total. The van der Waals surface area contributed by atoms with E-state index in [0.29, 0.717) is 26.3 Å². The Hall–Kier alpha value is -0.770. The lowest BCUT2D eigenvalue weighted by Crippen LogP contribution is -2.60. The number of fused-ring (bicyclic) bond motifs is 3. The molecule has 0 radical (unpaired) electrons. The number of rotatable bonds is 1. The van der Waals surface area contributed by atoms with Crippen LogP contribution in [0.4, 0.5) is 0 Å². The van der Waals surface area contributed by atoms with Gasteiger partial charge in [0.05, 0.1) is 13.2 Å². The summed E-state index contributed by atoms with van der Waals surface area (Å²) in [5.41, 5.74) is 0. The zero-order valence-corrected chi connectivity index (χ0v) is 14.5. The van der Waals surface area contributed by atoms with Gasteiger partial charge in [0.2, 0.25) is 0 Å². The van der Waals surface area contributed by atoms with Crippen LogP contribution in [0.15, 0.2) is 0 Å². The van der Waals surface area contributed by atoms with Crippen LogP contribution >= 0.6 is 0 Å². The molecule has 0 aromatic carbocycles. The van der Waals surface area contributed by atoms with Crippen molar-refractivity contribution in [3.05, 3.63) is 0 Å². The molecule has 0 bridgehead atoms. The number of hydrogen-bond donors (Lipinski definition) is 0. The third-order valence-corrected chi connectivity index (χ3v) is 4.72. The summed E-state index contributed by atoms with van der Waals surface area (Å²) in [4.78, 5) is 14.7. The monoisotopic (exact) mass is 343 g/mol. The average Bonchev–Trinajstić information content (AvgIpc) is 3.00. The molecule has 0 aromatic rings. The summed E-state index contributed by atoms with van der Waals surface area (Å²) < 4.78 is 35.1. The van der Waals surface area contributed by atoms with Gasteiger partial charge in [-0.2, -0.15) is 0 Å². The van der Waals surface area contributed by atoms with Crippen molar-refractivity contribution in [2.45, 2.75) is 70.0 Å². The fraction of sp³-hybridized carbons (Fsp3) is 0.938. The molecule has 4 aliphatic heterocycles. The van der Waals surface area contributed by atoms with E-state index in [1.54, 1.807) is 4.90 Å². The Morgan fingerprint density at radius 2 is 1.46 bits per heavy atom. The van der Waals surface area contributed by atoms with Crippen LogP contribution < -0.4 is 0 Å². The summed E-state index contributed by atoms with van der Waals surface area (Å²) >= 11 is 0. The van der Waals surface area contributed by atoms with Gasteiger partial charge in [-0.25, -0.2) is 0 Å². The first-order chi connectivity index (χ1) is 11.3. The highest BCUT2D eigenvalue weighted by Crippen LogP contribution is 2.44. The fourth-order valence-corrected chi connectivity index (χ4v) is 3.77. The third kappa shape index (κ3) is 2.85. The molecule has 4 saturated heterocycles. The van der Waals surface area contributed by atoms with Crippen molar-refractivity contribution in [2.24, 2.45) is 0 Å². The van der Waals surface area contributed by atoms with Gasteiger partial charge >= 0.3 is 0 Å². The second kappa shape index (κ2) is 5.62. The molecule has 0 unspecified atom stereocenters. The maximum atomic E-state index is 13.0. The highest BCUT2D eigenvalue weighted by Gasteiger charge is 2.62. The van der Waals surface area contributed by atoms with E-state index in [9.17, 15) is 4.79 Å². The molecule has 0 spiro atoms. The van der Waals surface area contributed by atoms with Gasteiger partial charge in [-0.05, 0) is 27.7 Å². The van der Waals surface area contributed by atoms with E-state index in [-0.39, 0.29) is 5.91 Å². The molecular formula is C16H25NO7. The molecule has 1 amide bonds. The van der Waals surface area contributed by atoms with Crippen LogP contribution in [-0.4, -0.2) is 79.4 Å². The van der Waals surface area contributed by atoms with Crippen LogP contribution in [-0.2, 0) is 33.2 Å². The Bertz CT molecular complexity index is 517. The van der Waals surface area contributed by atoms with E-state index >= 15 is 0 Å². The average molecular weight is 343 g/mol. The molecule has 0 aromatic heterocycles. The Labute approximate surface area is 141 Å². The SMILES string of the molecule is CC1(C)O[C@H]2[C@@H](O1)[C@H](C(=O)N1CCOCC1)O[C@@H]1OC(C)(C)O[C@@H]12. The lowest BCUT2D eigenvalue weighted by Gasteiger charge is -2.39. The predicted octanol–water partition coefficient (Wildman–Crippen LogP) is 0.242. The number of carbonyl (C=O) groups excluding carboxylic acids is 1. The molecule has 5 atom stereocenters. The van der Waals surface area contributed by atoms with Crippen LogP contribution in [0.1, 0.15) is 27.7 Å². The summed E-state index contributed by atoms with van der Waals surface area (Å²) in [6.45, 7) is 9.48. The van der Waals surface area contributed by atoms with E-state index in [4.69, 9.17) is 28.4 Å². The van der Waals surface area contributed by atoms with Gasteiger partial charge in [-0.1, -0.05) is 0 Å². The second-order valence-electron chi connectivity index (χ2n) is 7.53.